The third-order valence-corrected chi connectivity index (χ3v) is 9.49. The summed E-state index contributed by atoms with van der Waals surface area (Å²) in [6, 6.07) is 0. The molecule has 3 rings (SSSR count). The van der Waals surface area contributed by atoms with Gasteiger partial charge in [0.15, 0.2) is 0 Å². The summed E-state index contributed by atoms with van der Waals surface area (Å²) in [7, 11) is 0. The number of nitrogens with two attached hydrogens (primary N) is 3. The first-order valence-electron chi connectivity index (χ1n) is 16.7. The first-order valence-corrected chi connectivity index (χ1v) is 18.0. The fourth-order valence-corrected chi connectivity index (χ4v) is 7.68. The van der Waals surface area contributed by atoms with Crippen molar-refractivity contribution in [1.29, 1.82) is 0 Å². The maximum absolute atomic E-state index is 5.73. The van der Waals surface area contributed by atoms with Gasteiger partial charge in [0.2, 0.25) is 0 Å². The number of hydrogen-bond donors (Lipinski definition) is 3. The zero-order valence-corrected chi connectivity index (χ0v) is 29.9. The van der Waals surface area contributed by atoms with Crippen molar-refractivity contribution in [2.75, 3.05) is 0 Å². The zero-order chi connectivity index (χ0) is 31.7. The Labute approximate surface area is 274 Å². The summed E-state index contributed by atoms with van der Waals surface area (Å²) in [5.41, 5.74) is 16.3. The molecule has 6 nitrogen and oxygen atoms in total. The Morgan fingerprint density at radius 1 is 0.595 bits per heavy atom. The van der Waals surface area contributed by atoms with Crippen molar-refractivity contribution >= 4 is 52.2 Å². The highest BCUT2D eigenvalue weighted by Crippen LogP contribution is 2.38. The predicted molar refractivity (Wildman–Crippen MR) is 189 cm³/mol. The maximum atomic E-state index is 5.73. The number of thiocarbonyl (C=S) groups is 3. The fraction of sp³-hybridized carbons (Fsp3) is 0.909. The van der Waals surface area contributed by atoms with E-state index < -0.39 is 0 Å². The average Bonchev–Trinajstić information content (AvgIpc) is 2.89. The quantitative estimate of drug-likeness (QED) is 0.158. The van der Waals surface area contributed by atoms with E-state index in [1.165, 1.54) is 77.0 Å². The Bertz CT molecular complexity index is 789. The molecule has 3 aliphatic carbocycles. The lowest BCUT2D eigenvalue weighted by Crippen LogP contribution is -2.43. The molecule has 0 unspecified atom stereocenters. The van der Waals surface area contributed by atoms with E-state index in [4.69, 9.17) is 68.1 Å². The highest BCUT2D eigenvalue weighted by atomic mass is 32.1. The van der Waals surface area contributed by atoms with Crippen LogP contribution in [0.25, 0.3) is 0 Å². The van der Waals surface area contributed by atoms with Crippen molar-refractivity contribution in [3.8, 4) is 0 Å². The van der Waals surface area contributed by atoms with Crippen LogP contribution >= 0.6 is 36.7 Å². The molecule has 0 aromatic rings. The Morgan fingerprint density at radius 3 is 1.38 bits per heavy atom. The molecule has 3 fully saturated rings. The smallest absolute Gasteiger partial charge is 0.254 e. The molecule has 9 heteroatoms. The molecule has 42 heavy (non-hydrogen) atoms. The van der Waals surface area contributed by atoms with E-state index in [0.29, 0.717) is 11.8 Å². The van der Waals surface area contributed by atoms with Gasteiger partial charge in [-0.05, 0) is 145 Å². The van der Waals surface area contributed by atoms with Gasteiger partial charge >= 0.3 is 0 Å². The summed E-state index contributed by atoms with van der Waals surface area (Å²) >= 11 is 14.6. The third kappa shape index (κ3) is 15.2. The molecule has 3 aliphatic rings. The molecule has 0 aliphatic heterocycles. The number of unbranched alkanes of at least 4 members (excludes halogenated alkanes) is 2. The van der Waals surface area contributed by atoms with E-state index in [-0.39, 0.29) is 32.3 Å². The Hall–Kier alpha value is -0.930. The standard InChI is InChI=1S/C12H23NOS.C11H21NOS.C10H19NOS/c1-2-3-5-8-12(14-11(13)15)9-6-4-7-10-12;1-9(2)8-11(13-10(12)14)6-4-3-5-7-11;1-8(2)10(12-9(11)13)6-4-3-5-7-10/h2-10H2,1H3,(H2,13,15);9H,3-8H2,1-2H3,(H2,12,14);8H,3-7H2,1-2H3,(H2,11,13). The second-order valence-electron chi connectivity index (χ2n) is 13.6. The van der Waals surface area contributed by atoms with E-state index in [2.05, 4.69) is 34.6 Å². The highest BCUT2D eigenvalue weighted by molar-refractivity contribution is 7.80. The van der Waals surface area contributed by atoms with E-state index in [1.54, 1.807) is 0 Å². The highest BCUT2D eigenvalue weighted by Gasteiger charge is 2.38. The van der Waals surface area contributed by atoms with Crippen LogP contribution in [0.3, 0.4) is 0 Å². The van der Waals surface area contributed by atoms with Crippen molar-refractivity contribution < 1.29 is 14.2 Å². The van der Waals surface area contributed by atoms with Gasteiger partial charge in [-0.15, -0.1) is 0 Å². The van der Waals surface area contributed by atoms with Crippen LogP contribution in [0.15, 0.2) is 0 Å². The minimum Gasteiger partial charge on any atom is -0.465 e. The average molecular weight is 646 g/mol. The SMILES string of the molecule is CC(C)C1(OC(N)=S)CCCCC1.CC(C)CC1(OC(N)=S)CCCCC1.CCCCCC1(OC(N)=S)CCCCC1. The summed E-state index contributed by atoms with van der Waals surface area (Å²) in [5, 5.41) is 0.650. The molecule has 3 saturated carbocycles. The minimum atomic E-state index is -0.0654. The van der Waals surface area contributed by atoms with Crippen LogP contribution in [0.5, 0.6) is 0 Å². The predicted octanol–water partition coefficient (Wildman–Crippen LogP) is 9.13. The van der Waals surface area contributed by atoms with Crippen LogP contribution in [0, 0.1) is 11.8 Å². The topological polar surface area (TPSA) is 106 Å². The summed E-state index contributed by atoms with van der Waals surface area (Å²) in [4.78, 5) is 0. The van der Waals surface area contributed by atoms with Crippen LogP contribution in [0.2, 0.25) is 0 Å². The lowest BCUT2D eigenvalue weighted by atomic mass is 9.77. The van der Waals surface area contributed by atoms with Crippen molar-refractivity contribution in [3.05, 3.63) is 0 Å². The van der Waals surface area contributed by atoms with Crippen LogP contribution in [-0.2, 0) is 14.2 Å². The number of rotatable bonds is 10. The molecule has 0 bridgehead atoms. The lowest BCUT2D eigenvalue weighted by molar-refractivity contribution is -0.0217. The lowest BCUT2D eigenvalue weighted by Gasteiger charge is -2.40. The first kappa shape index (κ1) is 39.1. The van der Waals surface area contributed by atoms with E-state index in [9.17, 15) is 0 Å². The second-order valence-corrected chi connectivity index (χ2v) is 14.8. The molecule has 0 aromatic heterocycles. The monoisotopic (exact) mass is 645 g/mol. The molecule has 0 atom stereocenters. The zero-order valence-electron chi connectivity index (χ0n) is 27.5. The molecule has 0 amide bonds. The molecule has 0 aromatic carbocycles. The van der Waals surface area contributed by atoms with Crippen molar-refractivity contribution in [2.24, 2.45) is 29.0 Å². The van der Waals surface area contributed by atoms with Gasteiger partial charge in [-0.3, -0.25) is 0 Å². The van der Waals surface area contributed by atoms with Gasteiger partial charge in [0.1, 0.15) is 16.8 Å². The molecule has 0 saturated heterocycles. The molecule has 6 N–H and O–H groups in total. The molecule has 246 valence electrons. The van der Waals surface area contributed by atoms with Crippen LogP contribution < -0.4 is 17.2 Å². The van der Waals surface area contributed by atoms with Crippen LogP contribution in [0.4, 0.5) is 0 Å². The van der Waals surface area contributed by atoms with Gasteiger partial charge < -0.3 is 31.4 Å². The van der Waals surface area contributed by atoms with E-state index >= 15 is 0 Å². The summed E-state index contributed by atoms with van der Waals surface area (Å²) in [5.74, 6) is 1.14. The second kappa shape index (κ2) is 20.2. The van der Waals surface area contributed by atoms with Crippen molar-refractivity contribution in [2.45, 2.75) is 180 Å². The number of hydrogen-bond acceptors (Lipinski definition) is 6. The number of ether oxygens (including phenoxy) is 3. The van der Waals surface area contributed by atoms with Gasteiger partial charge in [0.25, 0.3) is 15.5 Å². The molecular formula is C33H63N3O3S3. The minimum absolute atomic E-state index is 0.0146. The van der Waals surface area contributed by atoms with Crippen molar-refractivity contribution in [3.63, 3.8) is 0 Å². The van der Waals surface area contributed by atoms with Gasteiger partial charge in [-0.25, -0.2) is 0 Å². The molecule has 0 spiro atoms. The van der Waals surface area contributed by atoms with Gasteiger partial charge in [-0.1, -0.05) is 66.7 Å². The Morgan fingerprint density at radius 2 is 1.00 bits per heavy atom. The van der Waals surface area contributed by atoms with E-state index in [1.807, 2.05) is 0 Å². The summed E-state index contributed by atoms with van der Waals surface area (Å²) in [6.07, 6.45) is 24.1. The summed E-state index contributed by atoms with van der Waals surface area (Å²) in [6.45, 7) is 11.0. The van der Waals surface area contributed by atoms with Gasteiger partial charge in [0.05, 0.1) is 0 Å². The third-order valence-electron chi connectivity index (χ3n) is 9.24. The Kier molecular flexibility index (Phi) is 18.8. The first-order chi connectivity index (χ1) is 19.8. The van der Waals surface area contributed by atoms with Crippen molar-refractivity contribution in [1.82, 2.24) is 0 Å². The largest absolute Gasteiger partial charge is 0.465 e. The Balaban J connectivity index is 0.000000316. The van der Waals surface area contributed by atoms with Crippen LogP contribution in [0.1, 0.15) is 163 Å². The van der Waals surface area contributed by atoms with Crippen LogP contribution in [-0.4, -0.2) is 32.3 Å². The van der Waals surface area contributed by atoms with Gasteiger partial charge in [-0.2, -0.15) is 0 Å². The normalized spacial score (nSPS) is 20.6. The molecule has 0 radical (unpaired) electrons. The molecule has 0 heterocycles. The van der Waals surface area contributed by atoms with E-state index in [0.717, 1.165) is 51.4 Å². The molecular weight excluding hydrogens is 583 g/mol. The van der Waals surface area contributed by atoms with Gasteiger partial charge in [0, 0.05) is 0 Å². The summed E-state index contributed by atoms with van der Waals surface area (Å²) < 4.78 is 17.1. The maximum Gasteiger partial charge on any atom is 0.254 e. The fourth-order valence-electron chi connectivity index (χ4n) is 7.16.